The lowest BCUT2D eigenvalue weighted by Gasteiger charge is -2.40. The van der Waals surface area contributed by atoms with Gasteiger partial charge in [0, 0.05) is 12.2 Å². The third-order valence-corrected chi connectivity index (χ3v) is 7.70. The average molecular weight is 490 g/mol. The Morgan fingerprint density at radius 3 is 2.24 bits per heavy atom. The van der Waals surface area contributed by atoms with Gasteiger partial charge >= 0.3 is 6.01 Å². The van der Waals surface area contributed by atoms with Gasteiger partial charge in [-0.05, 0) is 38.5 Å². The molecule has 1 aliphatic carbocycles. The number of piperidine rings is 1. The van der Waals surface area contributed by atoms with E-state index in [4.69, 9.17) is 14.0 Å². The predicted octanol–water partition coefficient (Wildman–Crippen LogP) is 3.07. The number of nitrogens with zero attached hydrogens (tertiary/aromatic N) is 5. The number of hydrogen-bond donors (Lipinski definition) is 0. The van der Waals surface area contributed by atoms with Gasteiger partial charge in [-0.25, -0.2) is 18.4 Å². The maximum Gasteiger partial charge on any atom is 0.325 e. The first-order valence-corrected chi connectivity index (χ1v) is 13.8. The van der Waals surface area contributed by atoms with Gasteiger partial charge in [-0.15, -0.1) is 0 Å². The van der Waals surface area contributed by atoms with Gasteiger partial charge in [-0.1, -0.05) is 31.2 Å². The molecule has 1 unspecified atom stereocenters. The van der Waals surface area contributed by atoms with E-state index in [1.807, 2.05) is 0 Å². The van der Waals surface area contributed by atoms with Crippen molar-refractivity contribution < 1.29 is 22.4 Å². The molecule has 3 atom stereocenters. The average Bonchev–Trinajstić information content (AvgIpc) is 3.37. The normalized spacial score (nSPS) is 29.1. The number of anilines is 1. The van der Waals surface area contributed by atoms with E-state index in [2.05, 4.69) is 51.0 Å². The van der Waals surface area contributed by atoms with Crippen molar-refractivity contribution in [2.75, 3.05) is 11.2 Å². The number of ether oxygens (including phenoxy) is 2. The molecule has 2 fully saturated rings. The zero-order chi connectivity index (χ0) is 23.9. The van der Waals surface area contributed by atoms with Crippen LogP contribution in [-0.4, -0.2) is 65.2 Å². The highest BCUT2D eigenvalue weighted by atomic mass is 32.2. The minimum Gasteiger partial charge on any atom is -0.473 e. The van der Waals surface area contributed by atoms with Crippen molar-refractivity contribution >= 4 is 15.9 Å². The Hall–Kier alpha value is -2.53. The van der Waals surface area contributed by atoms with E-state index in [0.29, 0.717) is 11.9 Å². The van der Waals surface area contributed by atoms with Crippen LogP contribution in [-0.2, 0) is 14.6 Å². The Labute approximate surface area is 199 Å². The van der Waals surface area contributed by atoms with Gasteiger partial charge in [-0.2, -0.15) is 4.98 Å². The van der Waals surface area contributed by atoms with Crippen LogP contribution >= 0.6 is 0 Å². The van der Waals surface area contributed by atoms with E-state index in [9.17, 15) is 8.42 Å². The lowest BCUT2D eigenvalue weighted by molar-refractivity contribution is -0.0579. The van der Waals surface area contributed by atoms with Gasteiger partial charge in [-0.3, -0.25) is 0 Å². The van der Waals surface area contributed by atoms with E-state index in [1.54, 1.807) is 0 Å². The summed E-state index contributed by atoms with van der Waals surface area (Å²) in [5.74, 6) is 1.33. The Morgan fingerprint density at radius 2 is 1.68 bits per heavy atom. The van der Waals surface area contributed by atoms with E-state index in [-0.39, 0.29) is 41.3 Å². The summed E-state index contributed by atoms with van der Waals surface area (Å²) in [6.07, 6.45) is 14.0. The molecular formula is C23H31N5O5S. The zero-order valence-electron chi connectivity index (χ0n) is 19.7. The number of hydrogen-bond acceptors (Lipinski definition) is 10. The number of aromatic nitrogens is 4. The molecule has 2 bridgehead atoms. The van der Waals surface area contributed by atoms with Crippen molar-refractivity contribution in [2.45, 2.75) is 93.7 Å². The minimum absolute atomic E-state index is 0.0330. The van der Waals surface area contributed by atoms with Crippen LogP contribution in [0.4, 0.5) is 6.01 Å². The molecule has 2 aliphatic heterocycles. The number of sulfone groups is 1. The second kappa shape index (κ2) is 9.26. The van der Waals surface area contributed by atoms with Gasteiger partial charge in [0.1, 0.15) is 6.10 Å². The van der Waals surface area contributed by atoms with Crippen LogP contribution < -0.4 is 9.64 Å². The molecule has 10 nitrogen and oxygen atoms in total. The summed E-state index contributed by atoms with van der Waals surface area (Å²) in [5, 5.41) is 4.07. The number of rotatable bonds is 7. The second-order valence-corrected chi connectivity index (χ2v) is 11.7. The molecule has 0 amide bonds. The Balaban J connectivity index is 1.10. The molecule has 2 aromatic heterocycles. The minimum atomic E-state index is -3.36. The summed E-state index contributed by atoms with van der Waals surface area (Å²) in [6, 6.07) is 1.04. The fourth-order valence-corrected chi connectivity index (χ4v) is 5.44. The molecular weight excluding hydrogens is 458 g/mol. The topological polar surface area (TPSA) is 121 Å². The standard InChI is InChI=1S/C23H31N5O5S/c1-14(2)22-26-23(33-27-22)28-15-4-5-16(28)11-19(10-15)31-17-6-8-18(9-7-17)32-20-12-25-21(13-24-20)34(3,29)30/h4-5,12-19H,6-11H2,1-3H3/t15-,16+,17?,18?,19?. The smallest absolute Gasteiger partial charge is 0.325 e. The Bertz CT molecular complexity index is 1110. The van der Waals surface area contributed by atoms with E-state index < -0.39 is 9.84 Å². The lowest BCUT2D eigenvalue weighted by atomic mass is 9.93. The van der Waals surface area contributed by atoms with Crippen LogP contribution in [0.15, 0.2) is 34.1 Å². The second-order valence-electron chi connectivity index (χ2n) is 9.73. The van der Waals surface area contributed by atoms with Crippen molar-refractivity contribution in [1.29, 1.82) is 0 Å². The van der Waals surface area contributed by atoms with Crippen LogP contribution in [0.2, 0.25) is 0 Å². The fraction of sp³-hybridized carbons (Fsp3) is 0.652. The highest BCUT2D eigenvalue weighted by Crippen LogP contribution is 2.37. The van der Waals surface area contributed by atoms with Crippen LogP contribution in [0, 0.1) is 0 Å². The first-order valence-electron chi connectivity index (χ1n) is 11.9. The van der Waals surface area contributed by atoms with Gasteiger partial charge in [0.2, 0.25) is 5.88 Å². The molecule has 3 aliphatic rings. The molecule has 0 aromatic carbocycles. The van der Waals surface area contributed by atoms with Crippen molar-refractivity contribution in [2.24, 2.45) is 0 Å². The van der Waals surface area contributed by atoms with Crippen molar-refractivity contribution in [3.05, 3.63) is 30.4 Å². The summed E-state index contributed by atoms with van der Waals surface area (Å²) in [7, 11) is -3.36. The van der Waals surface area contributed by atoms with E-state index >= 15 is 0 Å². The molecule has 0 radical (unpaired) electrons. The lowest BCUT2D eigenvalue weighted by Crippen LogP contribution is -2.47. The van der Waals surface area contributed by atoms with Crippen molar-refractivity contribution in [1.82, 2.24) is 20.1 Å². The van der Waals surface area contributed by atoms with E-state index in [1.165, 1.54) is 12.4 Å². The van der Waals surface area contributed by atoms with Crippen molar-refractivity contribution in [3.63, 3.8) is 0 Å². The van der Waals surface area contributed by atoms with Gasteiger partial charge in [0.25, 0.3) is 0 Å². The van der Waals surface area contributed by atoms with Gasteiger partial charge in [0.05, 0.1) is 36.7 Å². The van der Waals surface area contributed by atoms with Crippen molar-refractivity contribution in [3.8, 4) is 5.88 Å². The SMILES string of the molecule is CC(C)c1noc(N2[C@@H]3C=C[C@H]2CC(OC2CCC(Oc4cnc(S(C)(=O)=O)cn4)CC2)C3)n1. The number of fused-ring (bicyclic) bond motifs is 2. The predicted molar refractivity (Wildman–Crippen MR) is 124 cm³/mol. The van der Waals surface area contributed by atoms with Gasteiger partial charge in [0.15, 0.2) is 20.7 Å². The zero-order valence-corrected chi connectivity index (χ0v) is 20.5. The first kappa shape index (κ1) is 23.2. The Morgan fingerprint density at radius 1 is 1.00 bits per heavy atom. The van der Waals surface area contributed by atoms with E-state index in [0.717, 1.165) is 50.6 Å². The molecule has 1 saturated carbocycles. The van der Waals surface area contributed by atoms with Crippen LogP contribution in [0.3, 0.4) is 0 Å². The highest BCUT2D eigenvalue weighted by Gasteiger charge is 2.41. The van der Waals surface area contributed by atoms with Crippen LogP contribution in [0.25, 0.3) is 0 Å². The summed E-state index contributed by atoms with van der Waals surface area (Å²) < 4.78 is 41.0. The highest BCUT2D eigenvalue weighted by molar-refractivity contribution is 7.90. The quantitative estimate of drug-likeness (QED) is 0.536. The molecule has 34 heavy (non-hydrogen) atoms. The van der Waals surface area contributed by atoms with Crippen LogP contribution in [0.5, 0.6) is 5.88 Å². The summed E-state index contributed by atoms with van der Waals surface area (Å²) >= 11 is 0. The largest absolute Gasteiger partial charge is 0.473 e. The maximum absolute atomic E-state index is 11.5. The molecule has 0 N–H and O–H groups in total. The molecule has 0 spiro atoms. The molecule has 4 heterocycles. The fourth-order valence-electron chi connectivity index (χ4n) is 4.95. The summed E-state index contributed by atoms with van der Waals surface area (Å²) in [4.78, 5) is 14.8. The van der Waals surface area contributed by atoms with Crippen LogP contribution in [0.1, 0.15) is 64.1 Å². The monoisotopic (exact) mass is 489 g/mol. The molecule has 1 saturated heterocycles. The molecule has 11 heteroatoms. The molecule has 184 valence electrons. The third kappa shape index (κ3) is 4.95. The Kier molecular flexibility index (Phi) is 6.32. The molecule has 5 rings (SSSR count). The maximum atomic E-state index is 11.5. The molecule has 2 aromatic rings. The summed E-state index contributed by atoms with van der Waals surface area (Å²) in [6.45, 7) is 4.12. The third-order valence-electron chi connectivity index (χ3n) is 6.72. The first-order chi connectivity index (χ1) is 16.3. The van der Waals surface area contributed by atoms with Gasteiger partial charge < -0.3 is 18.9 Å². The summed E-state index contributed by atoms with van der Waals surface area (Å²) in [5.41, 5.74) is 0.